The van der Waals surface area contributed by atoms with Crippen LogP contribution in [0.3, 0.4) is 0 Å². The van der Waals surface area contributed by atoms with Gasteiger partial charge in [-0.05, 0) is 31.1 Å². The number of hydrogen-bond acceptors (Lipinski definition) is 1. The van der Waals surface area contributed by atoms with Gasteiger partial charge in [0, 0.05) is 13.2 Å². The lowest BCUT2D eigenvalue weighted by atomic mass is 9.89. The van der Waals surface area contributed by atoms with Crippen LogP contribution in [0.4, 0.5) is 0 Å². The number of rotatable bonds is 2. The van der Waals surface area contributed by atoms with E-state index >= 15 is 0 Å². The van der Waals surface area contributed by atoms with Crippen molar-refractivity contribution in [2.75, 3.05) is 19.8 Å². The lowest BCUT2D eigenvalue weighted by Gasteiger charge is -2.18. The van der Waals surface area contributed by atoms with Crippen LogP contribution in [0.15, 0.2) is 0 Å². The van der Waals surface area contributed by atoms with Crippen LogP contribution in [-0.2, 0) is 9.84 Å². The average Bonchev–Trinajstić information content (AvgIpc) is 2.18. The van der Waals surface area contributed by atoms with Crippen molar-refractivity contribution >= 4 is 0 Å². The minimum Gasteiger partial charge on any atom is -0.381 e. The third kappa shape index (κ3) is 2.80. The average molecular weight is 157 g/mol. The van der Waals surface area contributed by atoms with Crippen molar-refractivity contribution in [1.29, 1.82) is 0 Å². The fourth-order valence-electron chi connectivity index (χ4n) is 1.72. The molecule has 0 bridgehead atoms. The summed E-state index contributed by atoms with van der Waals surface area (Å²) in [4.78, 5) is 0. The summed E-state index contributed by atoms with van der Waals surface area (Å²) < 4.78 is 5.38. The van der Waals surface area contributed by atoms with Gasteiger partial charge in [-0.1, -0.05) is 6.92 Å². The molecule has 0 amide bonds. The van der Waals surface area contributed by atoms with Gasteiger partial charge in [-0.3, -0.25) is 0 Å². The molecule has 0 aromatic carbocycles. The molecule has 2 nitrogen and oxygen atoms in total. The van der Waals surface area contributed by atoms with Gasteiger partial charge < -0.3 is 4.74 Å². The Hall–Kier alpha value is -0.0800. The van der Waals surface area contributed by atoms with Crippen molar-refractivity contribution in [3.63, 3.8) is 0 Å². The summed E-state index contributed by atoms with van der Waals surface area (Å²) in [5, 5.41) is 10.4. The molecular formula is C9H17O2. The van der Waals surface area contributed by atoms with Crippen LogP contribution in [0.25, 0.3) is 0 Å². The number of ether oxygens (including phenoxy) is 1. The van der Waals surface area contributed by atoms with Crippen LogP contribution in [0.2, 0.25) is 0 Å². The molecule has 2 unspecified atom stereocenters. The molecule has 65 valence electrons. The third-order valence-electron chi connectivity index (χ3n) is 2.54. The summed E-state index contributed by atoms with van der Waals surface area (Å²) in [6, 6.07) is 0. The molecule has 1 rings (SSSR count). The lowest BCUT2D eigenvalue weighted by molar-refractivity contribution is 0.100. The molecule has 2 heteroatoms. The highest BCUT2D eigenvalue weighted by Gasteiger charge is 2.19. The fraction of sp³-hybridized carbons (Fsp3) is 1.00. The second-order valence-electron chi connectivity index (χ2n) is 3.45. The largest absolute Gasteiger partial charge is 0.381 e. The second kappa shape index (κ2) is 4.73. The van der Waals surface area contributed by atoms with Gasteiger partial charge in [0.05, 0.1) is 6.61 Å². The minimum atomic E-state index is 0.0784. The van der Waals surface area contributed by atoms with Gasteiger partial charge in [-0.2, -0.15) is 0 Å². The van der Waals surface area contributed by atoms with Crippen molar-refractivity contribution in [3.05, 3.63) is 0 Å². The van der Waals surface area contributed by atoms with Gasteiger partial charge >= 0.3 is 0 Å². The SMILES string of the molecule is CC1COCCCC1CC[O]. The molecule has 1 radical (unpaired) electrons. The molecule has 0 aromatic heterocycles. The zero-order chi connectivity index (χ0) is 8.10. The fourth-order valence-corrected chi connectivity index (χ4v) is 1.72. The maximum Gasteiger partial charge on any atom is 0.0825 e. The van der Waals surface area contributed by atoms with E-state index in [1.807, 2.05) is 0 Å². The van der Waals surface area contributed by atoms with Crippen molar-refractivity contribution in [1.82, 2.24) is 0 Å². The number of hydrogen-bond donors (Lipinski definition) is 0. The Kier molecular flexibility index (Phi) is 3.87. The Morgan fingerprint density at radius 3 is 3.09 bits per heavy atom. The molecule has 1 aliphatic heterocycles. The maximum absolute atomic E-state index is 10.4. The van der Waals surface area contributed by atoms with Gasteiger partial charge in [0.15, 0.2) is 0 Å². The van der Waals surface area contributed by atoms with Gasteiger partial charge in [0.1, 0.15) is 0 Å². The minimum absolute atomic E-state index is 0.0784. The molecule has 11 heavy (non-hydrogen) atoms. The molecule has 0 aromatic rings. The Morgan fingerprint density at radius 2 is 2.36 bits per heavy atom. The molecule has 1 heterocycles. The van der Waals surface area contributed by atoms with Crippen molar-refractivity contribution in [2.45, 2.75) is 26.2 Å². The highest BCUT2D eigenvalue weighted by atomic mass is 16.5. The summed E-state index contributed by atoms with van der Waals surface area (Å²) in [6.45, 7) is 4.00. The van der Waals surface area contributed by atoms with Crippen LogP contribution in [0.5, 0.6) is 0 Å². The van der Waals surface area contributed by atoms with Crippen LogP contribution in [0, 0.1) is 11.8 Å². The molecule has 0 aliphatic carbocycles. The molecule has 2 atom stereocenters. The zero-order valence-corrected chi connectivity index (χ0v) is 7.21. The highest BCUT2D eigenvalue weighted by Crippen LogP contribution is 2.24. The van der Waals surface area contributed by atoms with E-state index in [-0.39, 0.29) is 6.61 Å². The first-order chi connectivity index (χ1) is 5.34. The first-order valence-electron chi connectivity index (χ1n) is 4.50. The summed E-state index contributed by atoms with van der Waals surface area (Å²) in [7, 11) is 0. The maximum atomic E-state index is 10.4. The van der Waals surface area contributed by atoms with E-state index in [0.29, 0.717) is 11.8 Å². The molecular weight excluding hydrogens is 140 g/mol. The van der Waals surface area contributed by atoms with E-state index in [1.165, 1.54) is 6.42 Å². The van der Waals surface area contributed by atoms with E-state index in [0.717, 1.165) is 26.1 Å². The molecule has 0 saturated carbocycles. The lowest BCUT2D eigenvalue weighted by Crippen LogP contribution is -2.15. The molecule has 1 fully saturated rings. The Morgan fingerprint density at radius 1 is 1.55 bits per heavy atom. The standard InChI is InChI=1S/C9H17O2/c1-8-7-11-6-2-3-9(8)4-5-10/h8-9H,2-7H2,1H3. The normalized spacial score (nSPS) is 33.3. The zero-order valence-electron chi connectivity index (χ0n) is 7.21. The van der Waals surface area contributed by atoms with E-state index in [2.05, 4.69) is 6.92 Å². The van der Waals surface area contributed by atoms with Crippen molar-refractivity contribution in [3.8, 4) is 0 Å². The summed E-state index contributed by atoms with van der Waals surface area (Å²) >= 11 is 0. The molecule has 0 N–H and O–H groups in total. The van der Waals surface area contributed by atoms with Crippen LogP contribution in [-0.4, -0.2) is 19.8 Å². The van der Waals surface area contributed by atoms with E-state index < -0.39 is 0 Å². The van der Waals surface area contributed by atoms with Gasteiger partial charge in [-0.25, -0.2) is 5.11 Å². The van der Waals surface area contributed by atoms with E-state index in [9.17, 15) is 5.11 Å². The molecule has 1 aliphatic rings. The quantitative estimate of drug-likeness (QED) is 0.601. The Balaban J connectivity index is 2.32. The van der Waals surface area contributed by atoms with Crippen molar-refractivity contribution < 1.29 is 9.84 Å². The second-order valence-corrected chi connectivity index (χ2v) is 3.45. The van der Waals surface area contributed by atoms with Gasteiger partial charge in [-0.15, -0.1) is 0 Å². The first kappa shape index (κ1) is 9.01. The third-order valence-corrected chi connectivity index (χ3v) is 2.54. The smallest absolute Gasteiger partial charge is 0.0825 e. The molecule has 1 saturated heterocycles. The monoisotopic (exact) mass is 157 g/mol. The molecule has 0 spiro atoms. The van der Waals surface area contributed by atoms with Gasteiger partial charge in [0.2, 0.25) is 0 Å². The summed E-state index contributed by atoms with van der Waals surface area (Å²) in [6.07, 6.45) is 3.16. The summed E-state index contributed by atoms with van der Waals surface area (Å²) in [5.74, 6) is 1.21. The van der Waals surface area contributed by atoms with Crippen molar-refractivity contribution in [2.24, 2.45) is 11.8 Å². The van der Waals surface area contributed by atoms with Gasteiger partial charge in [0.25, 0.3) is 0 Å². The highest BCUT2D eigenvalue weighted by molar-refractivity contribution is 4.68. The Labute approximate surface area is 68.6 Å². The first-order valence-corrected chi connectivity index (χ1v) is 4.50. The summed E-state index contributed by atoms with van der Waals surface area (Å²) in [5.41, 5.74) is 0. The van der Waals surface area contributed by atoms with E-state index in [4.69, 9.17) is 4.74 Å². The van der Waals surface area contributed by atoms with Crippen LogP contribution in [0.1, 0.15) is 26.2 Å². The topological polar surface area (TPSA) is 29.1 Å². The van der Waals surface area contributed by atoms with Crippen LogP contribution < -0.4 is 0 Å². The predicted molar refractivity (Wildman–Crippen MR) is 42.9 cm³/mol. The van der Waals surface area contributed by atoms with E-state index in [1.54, 1.807) is 0 Å². The van der Waals surface area contributed by atoms with Crippen LogP contribution >= 0.6 is 0 Å². The predicted octanol–water partition coefficient (Wildman–Crippen LogP) is 1.87. The Bertz CT molecular complexity index is 104.